The predicted molar refractivity (Wildman–Crippen MR) is 103 cm³/mol. The van der Waals surface area contributed by atoms with E-state index in [1.54, 1.807) is 6.20 Å². The maximum Gasteiger partial charge on any atom is 0.254 e. The molecule has 0 aliphatic rings. The van der Waals surface area contributed by atoms with Crippen LogP contribution in [0.2, 0.25) is 0 Å². The van der Waals surface area contributed by atoms with Gasteiger partial charge in [0.05, 0.1) is 0 Å². The van der Waals surface area contributed by atoms with E-state index in [0.717, 1.165) is 17.8 Å². The first-order valence-corrected chi connectivity index (χ1v) is 8.70. The summed E-state index contributed by atoms with van der Waals surface area (Å²) in [5, 5.41) is 0. The van der Waals surface area contributed by atoms with E-state index < -0.39 is 0 Å². The first-order chi connectivity index (χ1) is 12.6. The highest BCUT2D eigenvalue weighted by Crippen LogP contribution is 2.14. The van der Waals surface area contributed by atoms with Crippen molar-refractivity contribution in [2.24, 2.45) is 0 Å². The topological polar surface area (TPSA) is 41.4 Å². The molecule has 0 saturated heterocycles. The van der Waals surface area contributed by atoms with Crippen molar-refractivity contribution < 1.29 is 4.79 Å². The molecule has 0 saturated carbocycles. The molecular weight excluding hydrogens is 324 g/mol. The lowest BCUT2D eigenvalue weighted by atomic mass is 10.1. The van der Waals surface area contributed by atoms with E-state index in [2.05, 4.69) is 9.88 Å². The molecule has 0 unspecified atom stereocenters. The molecular formula is C21H24N4O. The van der Waals surface area contributed by atoms with Gasteiger partial charge in [-0.1, -0.05) is 12.1 Å². The van der Waals surface area contributed by atoms with Crippen molar-refractivity contribution in [3.05, 3.63) is 84.4 Å². The number of carbonyl (C=O) groups excluding carboxylic acids is 1. The van der Waals surface area contributed by atoms with E-state index in [1.807, 2.05) is 90.7 Å². The van der Waals surface area contributed by atoms with Gasteiger partial charge in [-0.25, -0.2) is 0 Å². The standard InChI is InChI=1S/C21H24N4O/c1-23(2)13-14-25(17-18-7-6-10-22-16-18)21(26)19-8-5-9-20(15-19)24-11-3-4-12-24/h3-12,15-16H,13-14,17H2,1-2H3. The maximum atomic E-state index is 13.2. The Hall–Kier alpha value is -2.92. The number of nitrogens with zero attached hydrogens (tertiary/aromatic N) is 4. The van der Waals surface area contributed by atoms with Gasteiger partial charge >= 0.3 is 0 Å². The zero-order valence-electron chi connectivity index (χ0n) is 15.2. The van der Waals surface area contributed by atoms with Crippen LogP contribution in [0, 0.1) is 0 Å². The van der Waals surface area contributed by atoms with Gasteiger partial charge in [0.15, 0.2) is 0 Å². The van der Waals surface area contributed by atoms with Crippen LogP contribution in [0.5, 0.6) is 0 Å². The molecule has 0 N–H and O–H groups in total. The number of likely N-dealkylation sites (N-methyl/N-ethyl adjacent to an activating group) is 1. The highest BCUT2D eigenvalue weighted by molar-refractivity contribution is 5.94. The van der Waals surface area contributed by atoms with Crippen LogP contribution in [0.4, 0.5) is 0 Å². The molecule has 0 atom stereocenters. The second-order valence-corrected chi connectivity index (χ2v) is 6.53. The van der Waals surface area contributed by atoms with E-state index >= 15 is 0 Å². The van der Waals surface area contributed by atoms with Gasteiger partial charge in [-0.3, -0.25) is 9.78 Å². The van der Waals surface area contributed by atoms with Gasteiger partial charge in [-0.15, -0.1) is 0 Å². The van der Waals surface area contributed by atoms with Gasteiger partial charge in [0.25, 0.3) is 5.91 Å². The van der Waals surface area contributed by atoms with E-state index in [1.165, 1.54) is 0 Å². The van der Waals surface area contributed by atoms with Gasteiger partial charge in [0.2, 0.25) is 0 Å². The lowest BCUT2D eigenvalue weighted by molar-refractivity contribution is 0.0732. The summed E-state index contributed by atoms with van der Waals surface area (Å²) in [7, 11) is 4.03. The monoisotopic (exact) mass is 348 g/mol. The molecule has 2 heterocycles. The molecule has 5 nitrogen and oxygen atoms in total. The quantitative estimate of drug-likeness (QED) is 0.659. The molecule has 1 amide bonds. The van der Waals surface area contributed by atoms with Crippen LogP contribution in [-0.2, 0) is 6.54 Å². The average molecular weight is 348 g/mol. The van der Waals surface area contributed by atoms with Crippen molar-refractivity contribution in [1.29, 1.82) is 0 Å². The molecule has 0 aliphatic heterocycles. The molecule has 26 heavy (non-hydrogen) atoms. The fourth-order valence-electron chi connectivity index (χ4n) is 2.77. The predicted octanol–water partition coefficient (Wildman–Crippen LogP) is 3.08. The number of rotatable bonds is 7. The Morgan fingerprint density at radius 3 is 2.54 bits per heavy atom. The molecule has 134 valence electrons. The second-order valence-electron chi connectivity index (χ2n) is 6.53. The van der Waals surface area contributed by atoms with Crippen LogP contribution < -0.4 is 0 Å². The summed E-state index contributed by atoms with van der Waals surface area (Å²) in [5.41, 5.74) is 2.70. The van der Waals surface area contributed by atoms with Crippen LogP contribution in [0.1, 0.15) is 15.9 Å². The molecule has 0 spiro atoms. The van der Waals surface area contributed by atoms with Crippen molar-refractivity contribution >= 4 is 5.91 Å². The molecule has 3 rings (SSSR count). The zero-order chi connectivity index (χ0) is 18.4. The fraction of sp³-hybridized carbons (Fsp3) is 0.238. The third-order valence-electron chi connectivity index (χ3n) is 4.20. The Kier molecular flexibility index (Phi) is 5.81. The highest BCUT2D eigenvalue weighted by Gasteiger charge is 2.17. The molecule has 3 aromatic rings. The molecule has 0 fully saturated rings. The van der Waals surface area contributed by atoms with Crippen LogP contribution in [0.25, 0.3) is 5.69 Å². The summed E-state index contributed by atoms with van der Waals surface area (Å²) in [6, 6.07) is 15.6. The normalized spacial score (nSPS) is 10.9. The van der Waals surface area contributed by atoms with E-state index in [9.17, 15) is 4.79 Å². The molecule has 0 radical (unpaired) electrons. The minimum atomic E-state index is 0.0321. The van der Waals surface area contributed by atoms with Crippen molar-refractivity contribution in [3.63, 3.8) is 0 Å². The molecule has 0 bridgehead atoms. The smallest absolute Gasteiger partial charge is 0.254 e. The summed E-state index contributed by atoms with van der Waals surface area (Å²) >= 11 is 0. The third-order valence-corrected chi connectivity index (χ3v) is 4.20. The Balaban J connectivity index is 1.83. The van der Waals surface area contributed by atoms with Crippen molar-refractivity contribution in [1.82, 2.24) is 19.4 Å². The number of hydrogen-bond acceptors (Lipinski definition) is 3. The minimum absolute atomic E-state index is 0.0321. The van der Waals surface area contributed by atoms with Crippen molar-refractivity contribution in [2.45, 2.75) is 6.54 Å². The number of pyridine rings is 1. The first kappa shape index (κ1) is 17.9. The molecule has 1 aromatic carbocycles. The maximum absolute atomic E-state index is 13.2. The van der Waals surface area contributed by atoms with Gasteiger partial charge in [0, 0.05) is 55.7 Å². The summed E-state index contributed by atoms with van der Waals surface area (Å²) in [4.78, 5) is 21.3. The van der Waals surface area contributed by atoms with Crippen LogP contribution in [0.15, 0.2) is 73.3 Å². The van der Waals surface area contributed by atoms with Crippen LogP contribution >= 0.6 is 0 Å². The lowest BCUT2D eigenvalue weighted by Crippen LogP contribution is -2.36. The van der Waals surface area contributed by atoms with Gasteiger partial charge in [0.1, 0.15) is 0 Å². The highest BCUT2D eigenvalue weighted by atomic mass is 16.2. The number of benzene rings is 1. The number of amides is 1. The largest absolute Gasteiger partial charge is 0.333 e. The molecule has 5 heteroatoms. The van der Waals surface area contributed by atoms with Gasteiger partial charge in [-0.2, -0.15) is 0 Å². The number of aromatic nitrogens is 2. The van der Waals surface area contributed by atoms with Gasteiger partial charge < -0.3 is 14.4 Å². The van der Waals surface area contributed by atoms with E-state index in [-0.39, 0.29) is 5.91 Å². The summed E-state index contributed by atoms with van der Waals surface area (Å²) in [5.74, 6) is 0.0321. The van der Waals surface area contributed by atoms with Gasteiger partial charge in [-0.05, 0) is 56.1 Å². The SMILES string of the molecule is CN(C)CCN(Cc1cccnc1)C(=O)c1cccc(-n2cccc2)c1. The Morgan fingerprint density at radius 2 is 1.85 bits per heavy atom. The average Bonchev–Trinajstić information content (AvgIpc) is 3.20. The third kappa shape index (κ3) is 4.58. The second kappa shape index (κ2) is 8.45. The Labute approximate surface area is 154 Å². The fourth-order valence-corrected chi connectivity index (χ4v) is 2.77. The molecule has 2 aromatic heterocycles. The lowest BCUT2D eigenvalue weighted by Gasteiger charge is -2.25. The number of carbonyl (C=O) groups is 1. The zero-order valence-corrected chi connectivity index (χ0v) is 15.2. The molecule has 0 aliphatic carbocycles. The summed E-state index contributed by atoms with van der Waals surface area (Å²) in [6.07, 6.45) is 7.51. The summed E-state index contributed by atoms with van der Waals surface area (Å²) in [6.45, 7) is 2.02. The van der Waals surface area contributed by atoms with E-state index in [4.69, 9.17) is 0 Å². The van der Waals surface area contributed by atoms with Crippen LogP contribution in [-0.4, -0.2) is 52.4 Å². The summed E-state index contributed by atoms with van der Waals surface area (Å²) < 4.78 is 2.00. The Bertz CT molecular complexity index is 828. The Morgan fingerprint density at radius 1 is 1.04 bits per heavy atom. The van der Waals surface area contributed by atoms with E-state index in [0.29, 0.717) is 18.7 Å². The van der Waals surface area contributed by atoms with Crippen molar-refractivity contribution in [2.75, 3.05) is 27.2 Å². The minimum Gasteiger partial charge on any atom is -0.333 e. The van der Waals surface area contributed by atoms with Crippen molar-refractivity contribution in [3.8, 4) is 5.69 Å². The van der Waals surface area contributed by atoms with Crippen LogP contribution in [0.3, 0.4) is 0 Å². The number of hydrogen-bond donors (Lipinski definition) is 0. The first-order valence-electron chi connectivity index (χ1n) is 8.70.